The second-order valence-corrected chi connectivity index (χ2v) is 2.87. The van der Waals surface area contributed by atoms with Crippen LogP contribution >= 0.6 is 11.6 Å². The van der Waals surface area contributed by atoms with Crippen LogP contribution in [0.3, 0.4) is 0 Å². The number of hydrogen-bond donors (Lipinski definition) is 1. The first-order valence-electron chi connectivity index (χ1n) is 3.74. The third-order valence-corrected chi connectivity index (χ3v) is 1.80. The van der Waals surface area contributed by atoms with Crippen molar-refractivity contribution >= 4 is 11.6 Å². The van der Waals surface area contributed by atoms with Gasteiger partial charge in [-0.25, -0.2) is 0 Å². The number of aliphatic hydroxyl groups is 1. The molecule has 12 heavy (non-hydrogen) atoms. The number of benzene rings is 1. The fourth-order valence-electron chi connectivity index (χ4n) is 0.947. The Kier molecular flexibility index (Phi) is 3.38. The molecule has 0 aliphatic rings. The molecule has 0 saturated carbocycles. The number of rotatable bonds is 3. The molecule has 0 aliphatic heterocycles. The van der Waals surface area contributed by atoms with E-state index in [1.807, 2.05) is 19.1 Å². The van der Waals surface area contributed by atoms with Crippen molar-refractivity contribution < 1.29 is 9.84 Å². The van der Waals surface area contributed by atoms with Crippen molar-refractivity contribution in [2.75, 3.05) is 13.2 Å². The number of aryl methyl sites for hydroxylation is 1. The molecule has 0 fully saturated rings. The lowest BCUT2D eigenvalue weighted by Gasteiger charge is -2.08. The zero-order valence-electron chi connectivity index (χ0n) is 6.88. The number of halogens is 1. The van der Waals surface area contributed by atoms with Gasteiger partial charge in [-0.05, 0) is 18.6 Å². The van der Waals surface area contributed by atoms with E-state index in [-0.39, 0.29) is 13.2 Å². The van der Waals surface area contributed by atoms with E-state index in [1.54, 1.807) is 6.07 Å². The highest BCUT2D eigenvalue weighted by atomic mass is 35.5. The van der Waals surface area contributed by atoms with Crippen LogP contribution in [-0.4, -0.2) is 18.3 Å². The standard InChI is InChI=1S/C9H11ClO2/c1-7-3-2-4-8(10)9(7)12-6-5-11/h2-4,11H,5-6H2,1H3. The molecule has 1 N–H and O–H groups in total. The molecule has 0 saturated heterocycles. The maximum absolute atomic E-state index is 8.54. The Balaban J connectivity index is 2.81. The largest absolute Gasteiger partial charge is 0.489 e. The highest BCUT2D eigenvalue weighted by Crippen LogP contribution is 2.27. The van der Waals surface area contributed by atoms with Gasteiger partial charge in [0.05, 0.1) is 11.6 Å². The van der Waals surface area contributed by atoms with Gasteiger partial charge in [0.15, 0.2) is 0 Å². The SMILES string of the molecule is Cc1cccc(Cl)c1OCCO. The van der Waals surface area contributed by atoms with Gasteiger partial charge in [0.2, 0.25) is 0 Å². The van der Waals surface area contributed by atoms with E-state index >= 15 is 0 Å². The van der Waals surface area contributed by atoms with E-state index in [9.17, 15) is 0 Å². The van der Waals surface area contributed by atoms with Crippen LogP contribution in [0.15, 0.2) is 18.2 Å². The Labute approximate surface area is 76.7 Å². The zero-order valence-corrected chi connectivity index (χ0v) is 7.64. The summed E-state index contributed by atoms with van der Waals surface area (Å²) in [4.78, 5) is 0. The van der Waals surface area contributed by atoms with Crippen LogP contribution < -0.4 is 4.74 Å². The van der Waals surface area contributed by atoms with Gasteiger partial charge in [-0.3, -0.25) is 0 Å². The topological polar surface area (TPSA) is 29.5 Å². The van der Waals surface area contributed by atoms with Crippen LogP contribution in [0.25, 0.3) is 0 Å². The minimum atomic E-state index is 0.00463. The Bertz CT molecular complexity index is 240. The molecule has 0 heterocycles. The Morgan fingerprint density at radius 1 is 1.50 bits per heavy atom. The second kappa shape index (κ2) is 4.33. The molecule has 1 rings (SSSR count). The molecule has 2 nitrogen and oxygen atoms in total. The van der Waals surface area contributed by atoms with E-state index in [1.165, 1.54) is 0 Å². The molecule has 0 bridgehead atoms. The summed E-state index contributed by atoms with van der Waals surface area (Å²) in [5, 5.41) is 9.13. The van der Waals surface area contributed by atoms with Gasteiger partial charge in [0.1, 0.15) is 12.4 Å². The summed E-state index contributed by atoms with van der Waals surface area (Å²) in [6.45, 7) is 2.20. The van der Waals surface area contributed by atoms with E-state index < -0.39 is 0 Å². The lowest BCUT2D eigenvalue weighted by molar-refractivity contribution is 0.200. The van der Waals surface area contributed by atoms with Gasteiger partial charge in [-0.2, -0.15) is 0 Å². The van der Waals surface area contributed by atoms with Crippen molar-refractivity contribution in [3.8, 4) is 5.75 Å². The Hall–Kier alpha value is -0.730. The van der Waals surface area contributed by atoms with Crippen LogP contribution in [0, 0.1) is 6.92 Å². The van der Waals surface area contributed by atoms with Crippen molar-refractivity contribution in [2.45, 2.75) is 6.92 Å². The second-order valence-electron chi connectivity index (χ2n) is 2.46. The first-order valence-corrected chi connectivity index (χ1v) is 4.12. The predicted octanol–water partition coefficient (Wildman–Crippen LogP) is 2.02. The monoisotopic (exact) mass is 186 g/mol. The normalized spacial score (nSPS) is 9.92. The first kappa shape index (κ1) is 9.36. The number of hydrogen-bond acceptors (Lipinski definition) is 2. The summed E-state index contributed by atoms with van der Waals surface area (Å²) < 4.78 is 5.23. The third kappa shape index (κ3) is 2.13. The van der Waals surface area contributed by atoms with Crippen LogP contribution in [0.1, 0.15) is 5.56 Å². The predicted molar refractivity (Wildman–Crippen MR) is 48.8 cm³/mol. The summed E-state index contributed by atoms with van der Waals surface area (Å²) in [5.74, 6) is 0.660. The van der Waals surface area contributed by atoms with Crippen LogP contribution in [0.2, 0.25) is 5.02 Å². The Morgan fingerprint density at radius 2 is 2.25 bits per heavy atom. The van der Waals surface area contributed by atoms with Gasteiger partial charge in [-0.15, -0.1) is 0 Å². The van der Waals surface area contributed by atoms with Gasteiger partial charge in [0, 0.05) is 0 Å². The highest BCUT2D eigenvalue weighted by molar-refractivity contribution is 6.32. The van der Waals surface area contributed by atoms with Crippen molar-refractivity contribution in [2.24, 2.45) is 0 Å². The molecule has 0 aliphatic carbocycles. The van der Waals surface area contributed by atoms with Crippen LogP contribution in [-0.2, 0) is 0 Å². The molecule has 1 aromatic carbocycles. The van der Waals surface area contributed by atoms with Gasteiger partial charge < -0.3 is 9.84 Å². The average Bonchev–Trinajstić information content (AvgIpc) is 2.04. The maximum Gasteiger partial charge on any atom is 0.140 e. The van der Waals surface area contributed by atoms with Gasteiger partial charge in [0.25, 0.3) is 0 Å². The van der Waals surface area contributed by atoms with Gasteiger partial charge >= 0.3 is 0 Å². The van der Waals surface area contributed by atoms with E-state index in [2.05, 4.69) is 0 Å². The van der Waals surface area contributed by atoms with Crippen LogP contribution in [0.5, 0.6) is 5.75 Å². The molecule has 66 valence electrons. The summed E-state index contributed by atoms with van der Waals surface area (Å²) in [7, 11) is 0. The van der Waals surface area contributed by atoms with E-state index in [0.717, 1.165) is 5.56 Å². The maximum atomic E-state index is 8.54. The molecule has 0 amide bonds. The van der Waals surface area contributed by atoms with Gasteiger partial charge in [-0.1, -0.05) is 23.7 Å². The zero-order chi connectivity index (χ0) is 8.97. The highest BCUT2D eigenvalue weighted by Gasteiger charge is 2.03. The molecule has 0 radical (unpaired) electrons. The molecule has 0 spiro atoms. The molecule has 3 heteroatoms. The van der Waals surface area contributed by atoms with E-state index in [4.69, 9.17) is 21.4 Å². The Morgan fingerprint density at radius 3 is 2.83 bits per heavy atom. The average molecular weight is 187 g/mol. The summed E-state index contributed by atoms with van der Waals surface area (Å²) >= 11 is 5.86. The lowest BCUT2D eigenvalue weighted by atomic mass is 10.2. The summed E-state index contributed by atoms with van der Waals surface area (Å²) in [6.07, 6.45) is 0. The van der Waals surface area contributed by atoms with Crippen molar-refractivity contribution in [1.29, 1.82) is 0 Å². The molecule has 1 aromatic rings. The smallest absolute Gasteiger partial charge is 0.140 e. The minimum Gasteiger partial charge on any atom is -0.489 e. The summed E-state index contributed by atoms with van der Waals surface area (Å²) in [5.41, 5.74) is 0.982. The number of ether oxygens (including phenoxy) is 1. The molecule has 0 atom stereocenters. The minimum absolute atomic E-state index is 0.00463. The first-order chi connectivity index (χ1) is 5.75. The fraction of sp³-hybridized carbons (Fsp3) is 0.333. The number of aliphatic hydroxyl groups excluding tert-OH is 1. The molecule has 0 unspecified atom stereocenters. The molecular weight excluding hydrogens is 176 g/mol. The van der Waals surface area contributed by atoms with Crippen molar-refractivity contribution in [3.05, 3.63) is 28.8 Å². The number of para-hydroxylation sites is 1. The molecule has 0 aromatic heterocycles. The fourth-order valence-corrected chi connectivity index (χ4v) is 1.22. The van der Waals surface area contributed by atoms with E-state index in [0.29, 0.717) is 10.8 Å². The quantitative estimate of drug-likeness (QED) is 0.783. The lowest BCUT2D eigenvalue weighted by Crippen LogP contribution is -2.03. The van der Waals surface area contributed by atoms with Crippen molar-refractivity contribution in [1.82, 2.24) is 0 Å². The molecular formula is C9H11ClO2. The van der Waals surface area contributed by atoms with Crippen LogP contribution in [0.4, 0.5) is 0 Å². The third-order valence-electron chi connectivity index (χ3n) is 1.50. The van der Waals surface area contributed by atoms with Crippen molar-refractivity contribution in [3.63, 3.8) is 0 Å². The summed E-state index contributed by atoms with van der Waals surface area (Å²) in [6, 6.07) is 5.54.